The van der Waals surface area contributed by atoms with Crippen LogP contribution in [0.1, 0.15) is 17.5 Å². The summed E-state index contributed by atoms with van der Waals surface area (Å²) in [5.74, 6) is -1.18. The van der Waals surface area contributed by atoms with E-state index in [1.54, 1.807) is 13.2 Å². The summed E-state index contributed by atoms with van der Waals surface area (Å²) in [5.41, 5.74) is 2.53. The van der Waals surface area contributed by atoms with Gasteiger partial charge in [0.1, 0.15) is 5.69 Å². The first-order chi connectivity index (χ1) is 13.5. The number of hydrogen-bond acceptors (Lipinski definition) is 5. The first-order valence-corrected chi connectivity index (χ1v) is 9.80. The van der Waals surface area contributed by atoms with Crippen molar-refractivity contribution in [2.24, 2.45) is 5.41 Å². The standard InChI is InChI=1S/C21H19N3O3S/c1-24(20-23-17(13-28-20)16-8-4-5-9-22-16)19(27)21(12-18(25)26)10-14-6-2-3-7-15(14)11-21/h2-9,13H,10-12H2,1H3,(H,25,26). The van der Waals surface area contributed by atoms with Crippen LogP contribution in [0.5, 0.6) is 0 Å². The van der Waals surface area contributed by atoms with Gasteiger partial charge in [-0.15, -0.1) is 11.3 Å². The van der Waals surface area contributed by atoms with E-state index in [-0.39, 0.29) is 12.3 Å². The summed E-state index contributed by atoms with van der Waals surface area (Å²) in [4.78, 5) is 35.3. The number of hydrogen-bond donors (Lipinski definition) is 1. The van der Waals surface area contributed by atoms with E-state index in [1.807, 2.05) is 47.8 Å². The monoisotopic (exact) mass is 393 g/mol. The number of nitrogens with zero attached hydrogens (tertiary/aromatic N) is 3. The third kappa shape index (κ3) is 3.29. The number of thiazole rings is 1. The quantitative estimate of drug-likeness (QED) is 0.718. The highest BCUT2D eigenvalue weighted by Gasteiger charge is 2.47. The Bertz CT molecular complexity index is 1010. The molecule has 1 aromatic carbocycles. The first kappa shape index (κ1) is 18.3. The van der Waals surface area contributed by atoms with Crippen LogP contribution in [0, 0.1) is 5.41 Å². The molecule has 2 heterocycles. The zero-order valence-electron chi connectivity index (χ0n) is 15.3. The Labute approximate surface area is 166 Å². The lowest BCUT2D eigenvalue weighted by molar-refractivity contribution is -0.144. The Balaban J connectivity index is 1.63. The van der Waals surface area contributed by atoms with E-state index in [9.17, 15) is 14.7 Å². The average Bonchev–Trinajstić information content (AvgIpc) is 3.32. The number of fused-ring (bicyclic) bond motifs is 1. The van der Waals surface area contributed by atoms with Gasteiger partial charge >= 0.3 is 5.97 Å². The molecule has 0 aliphatic heterocycles. The van der Waals surface area contributed by atoms with Gasteiger partial charge in [0, 0.05) is 18.6 Å². The largest absolute Gasteiger partial charge is 0.481 e. The number of pyridine rings is 1. The molecule has 0 atom stereocenters. The van der Waals surface area contributed by atoms with Crippen molar-refractivity contribution in [2.75, 3.05) is 11.9 Å². The molecule has 0 unspecified atom stereocenters. The molecule has 0 radical (unpaired) electrons. The Morgan fingerprint density at radius 2 is 1.79 bits per heavy atom. The Morgan fingerprint density at radius 3 is 2.39 bits per heavy atom. The van der Waals surface area contributed by atoms with Crippen molar-refractivity contribution in [1.29, 1.82) is 0 Å². The molecule has 0 bridgehead atoms. The topological polar surface area (TPSA) is 83.4 Å². The lowest BCUT2D eigenvalue weighted by Gasteiger charge is -2.30. The maximum absolute atomic E-state index is 13.4. The molecule has 6 nitrogen and oxygen atoms in total. The Morgan fingerprint density at radius 1 is 1.11 bits per heavy atom. The molecule has 28 heavy (non-hydrogen) atoms. The van der Waals surface area contributed by atoms with Gasteiger partial charge in [-0.1, -0.05) is 30.3 Å². The van der Waals surface area contributed by atoms with Crippen molar-refractivity contribution < 1.29 is 14.7 Å². The van der Waals surface area contributed by atoms with Gasteiger partial charge in [-0.2, -0.15) is 0 Å². The van der Waals surface area contributed by atoms with Gasteiger partial charge in [0.2, 0.25) is 5.91 Å². The predicted octanol–water partition coefficient (Wildman–Crippen LogP) is 3.43. The fourth-order valence-electron chi connectivity index (χ4n) is 3.83. The molecule has 4 rings (SSSR count). The van der Waals surface area contributed by atoms with Crippen LogP contribution < -0.4 is 4.90 Å². The fourth-order valence-corrected chi connectivity index (χ4v) is 4.61. The first-order valence-electron chi connectivity index (χ1n) is 8.92. The summed E-state index contributed by atoms with van der Waals surface area (Å²) in [6.45, 7) is 0. The highest BCUT2D eigenvalue weighted by molar-refractivity contribution is 7.14. The smallest absolute Gasteiger partial charge is 0.304 e. The van der Waals surface area contributed by atoms with Crippen molar-refractivity contribution in [2.45, 2.75) is 19.3 Å². The predicted molar refractivity (Wildman–Crippen MR) is 107 cm³/mol. The van der Waals surface area contributed by atoms with Gasteiger partial charge < -0.3 is 5.11 Å². The van der Waals surface area contributed by atoms with Gasteiger partial charge in [0.05, 0.1) is 17.5 Å². The van der Waals surface area contributed by atoms with E-state index in [2.05, 4.69) is 9.97 Å². The maximum atomic E-state index is 13.4. The normalized spacial score (nSPS) is 14.5. The number of aromatic nitrogens is 2. The number of rotatable bonds is 5. The highest BCUT2D eigenvalue weighted by atomic mass is 32.1. The number of amides is 1. The number of carbonyl (C=O) groups excluding carboxylic acids is 1. The molecule has 1 amide bonds. The van der Waals surface area contributed by atoms with Crippen LogP contribution in [0.2, 0.25) is 0 Å². The summed E-state index contributed by atoms with van der Waals surface area (Å²) >= 11 is 1.35. The molecule has 1 aliphatic carbocycles. The van der Waals surface area contributed by atoms with E-state index in [0.717, 1.165) is 16.8 Å². The lowest BCUT2D eigenvalue weighted by Crippen LogP contribution is -2.44. The molecule has 0 spiro atoms. The molecule has 7 heteroatoms. The van der Waals surface area contributed by atoms with Crippen LogP contribution in [-0.2, 0) is 22.4 Å². The summed E-state index contributed by atoms with van der Waals surface area (Å²) in [5, 5.41) is 11.9. The second kappa shape index (κ2) is 7.16. The van der Waals surface area contributed by atoms with Crippen LogP contribution in [0.4, 0.5) is 5.13 Å². The van der Waals surface area contributed by atoms with Gasteiger partial charge in [0.15, 0.2) is 5.13 Å². The SMILES string of the molecule is CN(C(=O)C1(CC(=O)O)Cc2ccccc2C1)c1nc(-c2ccccn2)cs1. The van der Waals surface area contributed by atoms with Crippen molar-refractivity contribution in [3.8, 4) is 11.4 Å². The van der Waals surface area contributed by atoms with Crippen LogP contribution in [0.15, 0.2) is 54.0 Å². The minimum Gasteiger partial charge on any atom is -0.481 e. The summed E-state index contributed by atoms with van der Waals surface area (Å²) < 4.78 is 0. The molecule has 0 saturated carbocycles. The van der Waals surface area contributed by atoms with Gasteiger partial charge in [-0.05, 0) is 36.1 Å². The molecule has 0 saturated heterocycles. The minimum atomic E-state index is -0.985. The molecular formula is C21H19N3O3S. The third-order valence-electron chi connectivity index (χ3n) is 5.13. The number of carboxylic acids is 1. The van der Waals surface area contributed by atoms with E-state index >= 15 is 0 Å². The van der Waals surface area contributed by atoms with E-state index in [1.165, 1.54) is 16.2 Å². The summed E-state index contributed by atoms with van der Waals surface area (Å²) in [6, 6.07) is 13.4. The zero-order chi connectivity index (χ0) is 19.7. The average molecular weight is 393 g/mol. The van der Waals surface area contributed by atoms with Gasteiger partial charge in [-0.25, -0.2) is 4.98 Å². The van der Waals surface area contributed by atoms with Crippen LogP contribution in [-0.4, -0.2) is 34.0 Å². The van der Waals surface area contributed by atoms with Crippen LogP contribution >= 0.6 is 11.3 Å². The van der Waals surface area contributed by atoms with Gasteiger partial charge in [-0.3, -0.25) is 19.5 Å². The van der Waals surface area contributed by atoms with E-state index < -0.39 is 11.4 Å². The minimum absolute atomic E-state index is 0.205. The van der Waals surface area contributed by atoms with Crippen molar-refractivity contribution >= 4 is 28.3 Å². The molecule has 142 valence electrons. The summed E-state index contributed by atoms with van der Waals surface area (Å²) in [6.07, 6.45) is 2.35. The maximum Gasteiger partial charge on any atom is 0.304 e. The van der Waals surface area contributed by atoms with Gasteiger partial charge in [0.25, 0.3) is 0 Å². The van der Waals surface area contributed by atoms with Crippen molar-refractivity contribution in [3.05, 3.63) is 65.2 Å². The summed E-state index contributed by atoms with van der Waals surface area (Å²) in [7, 11) is 1.66. The molecule has 2 aromatic heterocycles. The Hall–Kier alpha value is -3.06. The number of carboxylic acid groups (broad SMARTS) is 1. The zero-order valence-corrected chi connectivity index (χ0v) is 16.1. The molecule has 0 fully saturated rings. The highest BCUT2D eigenvalue weighted by Crippen LogP contribution is 2.42. The fraction of sp³-hybridized carbons (Fsp3) is 0.238. The number of anilines is 1. The van der Waals surface area contributed by atoms with E-state index in [0.29, 0.717) is 23.7 Å². The number of benzene rings is 1. The molecule has 1 N–H and O–H groups in total. The second-order valence-electron chi connectivity index (χ2n) is 7.07. The number of carbonyl (C=O) groups is 2. The van der Waals surface area contributed by atoms with Crippen molar-refractivity contribution in [3.63, 3.8) is 0 Å². The second-order valence-corrected chi connectivity index (χ2v) is 7.90. The van der Waals surface area contributed by atoms with E-state index in [4.69, 9.17) is 0 Å². The lowest BCUT2D eigenvalue weighted by atomic mass is 9.80. The van der Waals surface area contributed by atoms with Crippen LogP contribution in [0.25, 0.3) is 11.4 Å². The molecule has 1 aliphatic rings. The van der Waals surface area contributed by atoms with Crippen molar-refractivity contribution in [1.82, 2.24) is 9.97 Å². The third-order valence-corrected chi connectivity index (χ3v) is 6.05. The molecule has 3 aromatic rings. The van der Waals surface area contributed by atoms with Crippen LogP contribution in [0.3, 0.4) is 0 Å². The Kier molecular flexibility index (Phi) is 4.68. The molecular weight excluding hydrogens is 374 g/mol. The number of aliphatic carboxylic acids is 1.